The molecule has 1 aliphatic carbocycles. The Morgan fingerprint density at radius 3 is 2.30 bits per heavy atom. The molecule has 1 amide bonds. The topological polar surface area (TPSA) is 58.6 Å². The van der Waals surface area contributed by atoms with Crippen LogP contribution in [0.1, 0.15) is 43.0 Å². The summed E-state index contributed by atoms with van der Waals surface area (Å²) in [6.45, 7) is 2.02. The lowest BCUT2D eigenvalue weighted by Gasteiger charge is -2.26. The van der Waals surface area contributed by atoms with E-state index in [1.54, 1.807) is 12.1 Å². The number of rotatable bonds is 5. The second kappa shape index (κ2) is 7.99. The van der Waals surface area contributed by atoms with Gasteiger partial charge in [0, 0.05) is 25.8 Å². The van der Waals surface area contributed by atoms with Crippen molar-refractivity contribution < 1.29 is 14.3 Å². The van der Waals surface area contributed by atoms with Crippen LogP contribution in [0, 0.1) is 5.92 Å². The number of esters is 1. The summed E-state index contributed by atoms with van der Waals surface area (Å²) < 4.78 is 5.09. The molecule has 23 heavy (non-hydrogen) atoms. The largest absolute Gasteiger partial charge is 0.452 e. The van der Waals surface area contributed by atoms with Crippen molar-refractivity contribution in [3.63, 3.8) is 0 Å². The van der Waals surface area contributed by atoms with Crippen LogP contribution in [0.2, 0.25) is 0 Å². The first-order valence-electron chi connectivity index (χ1n) is 8.19. The van der Waals surface area contributed by atoms with Crippen LogP contribution in [0.25, 0.3) is 0 Å². The standard InChI is InChI=1S/C18H26N2O3/c1-13-4-8-15(9-5-13)19-17(21)12-23-18(22)14-6-10-16(11-7-14)20(2)3/h6-7,10-11,13,15H,4-5,8-9,12H2,1-3H3,(H,19,21). The summed E-state index contributed by atoms with van der Waals surface area (Å²) in [5, 5.41) is 2.95. The molecule has 1 aromatic rings. The molecule has 0 atom stereocenters. The van der Waals surface area contributed by atoms with Crippen molar-refractivity contribution in [3.05, 3.63) is 29.8 Å². The van der Waals surface area contributed by atoms with E-state index in [9.17, 15) is 9.59 Å². The highest BCUT2D eigenvalue weighted by molar-refractivity contribution is 5.91. The van der Waals surface area contributed by atoms with Gasteiger partial charge in [-0.1, -0.05) is 6.92 Å². The molecule has 5 nitrogen and oxygen atoms in total. The maximum atomic E-state index is 11.9. The Morgan fingerprint density at radius 2 is 1.74 bits per heavy atom. The zero-order valence-corrected chi connectivity index (χ0v) is 14.2. The van der Waals surface area contributed by atoms with Crippen molar-refractivity contribution in [1.82, 2.24) is 5.32 Å². The molecule has 126 valence electrons. The van der Waals surface area contributed by atoms with Gasteiger partial charge in [0.05, 0.1) is 5.56 Å². The van der Waals surface area contributed by atoms with Crippen LogP contribution in [0.3, 0.4) is 0 Å². The maximum Gasteiger partial charge on any atom is 0.338 e. The summed E-state index contributed by atoms with van der Waals surface area (Å²) in [4.78, 5) is 25.8. The van der Waals surface area contributed by atoms with Crippen molar-refractivity contribution in [2.45, 2.75) is 38.6 Å². The zero-order chi connectivity index (χ0) is 16.8. The quantitative estimate of drug-likeness (QED) is 0.848. The van der Waals surface area contributed by atoms with E-state index in [-0.39, 0.29) is 18.6 Å². The summed E-state index contributed by atoms with van der Waals surface area (Å²) in [6, 6.07) is 7.33. The molecule has 0 saturated heterocycles. The van der Waals surface area contributed by atoms with Crippen LogP contribution in [0.5, 0.6) is 0 Å². The SMILES string of the molecule is CC1CCC(NC(=O)COC(=O)c2ccc(N(C)C)cc2)CC1. The average Bonchev–Trinajstić information content (AvgIpc) is 2.55. The molecule has 0 bridgehead atoms. The van der Waals surface area contributed by atoms with E-state index in [1.165, 1.54) is 0 Å². The predicted octanol–water partition coefficient (Wildman–Crippen LogP) is 2.60. The van der Waals surface area contributed by atoms with E-state index in [0.29, 0.717) is 5.56 Å². The molecular weight excluding hydrogens is 292 g/mol. The number of hydrogen-bond donors (Lipinski definition) is 1. The number of hydrogen-bond acceptors (Lipinski definition) is 4. The van der Waals surface area contributed by atoms with Gasteiger partial charge in [0.1, 0.15) is 0 Å². The van der Waals surface area contributed by atoms with Gasteiger partial charge >= 0.3 is 5.97 Å². The van der Waals surface area contributed by atoms with Crippen molar-refractivity contribution in [1.29, 1.82) is 0 Å². The number of nitrogens with one attached hydrogen (secondary N) is 1. The van der Waals surface area contributed by atoms with E-state index in [1.807, 2.05) is 31.1 Å². The van der Waals surface area contributed by atoms with Gasteiger partial charge in [-0.05, 0) is 55.9 Å². The fourth-order valence-corrected chi connectivity index (χ4v) is 2.78. The van der Waals surface area contributed by atoms with E-state index >= 15 is 0 Å². The fraction of sp³-hybridized carbons (Fsp3) is 0.556. The molecule has 0 aromatic heterocycles. The summed E-state index contributed by atoms with van der Waals surface area (Å²) in [5.74, 6) is 0.0525. The van der Waals surface area contributed by atoms with Gasteiger partial charge in [-0.15, -0.1) is 0 Å². The molecule has 0 unspecified atom stereocenters. The molecular formula is C18H26N2O3. The van der Waals surface area contributed by atoms with E-state index in [4.69, 9.17) is 4.74 Å². The third-order valence-corrected chi connectivity index (χ3v) is 4.33. The Labute approximate surface area is 138 Å². The minimum Gasteiger partial charge on any atom is -0.452 e. The number of nitrogens with zero attached hydrogens (tertiary/aromatic N) is 1. The van der Waals surface area contributed by atoms with Crippen molar-refractivity contribution in [2.75, 3.05) is 25.6 Å². The first-order chi connectivity index (χ1) is 11.0. The first kappa shape index (κ1) is 17.3. The molecule has 1 aromatic carbocycles. The summed E-state index contributed by atoms with van der Waals surface area (Å²) in [5.41, 5.74) is 1.46. The lowest BCUT2D eigenvalue weighted by Crippen LogP contribution is -2.39. The molecule has 5 heteroatoms. The molecule has 0 spiro atoms. The molecule has 2 rings (SSSR count). The molecule has 1 aliphatic rings. The highest BCUT2D eigenvalue weighted by Gasteiger charge is 2.20. The fourth-order valence-electron chi connectivity index (χ4n) is 2.78. The van der Waals surface area contributed by atoms with Crippen LogP contribution < -0.4 is 10.2 Å². The van der Waals surface area contributed by atoms with Crippen LogP contribution in [-0.2, 0) is 9.53 Å². The lowest BCUT2D eigenvalue weighted by atomic mass is 9.87. The second-order valence-electron chi connectivity index (χ2n) is 6.54. The van der Waals surface area contributed by atoms with Gasteiger partial charge < -0.3 is 15.0 Å². The van der Waals surface area contributed by atoms with Crippen LogP contribution in [-0.4, -0.2) is 38.6 Å². The van der Waals surface area contributed by atoms with Gasteiger partial charge in [0.15, 0.2) is 6.61 Å². The second-order valence-corrected chi connectivity index (χ2v) is 6.54. The van der Waals surface area contributed by atoms with E-state index in [2.05, 4.69) is 12.2 Å². The van der Waals surface area contributed by atoms with Crippen molar-refractivity contribution >= 4 is 17.6 Å². The van der Waals surface area contributed by atoms with Gasteiger partial charge in [0.2, 0.25) is 0 Å². The van der Waals surface area contributed by atoms with Gasteiger partial charge in [-0.3, -0.25) is 4.79 Å². The zero-order valence-electron chi connectivity index (χ0n) is 14.2. The minimum absolute atomic E-state index is 0.219. The van der Waals surface area contributed by atoms with E-state index < -0.39 is 5.97 Å². The van der Waals surface area contributed by atoms with Crippen molar-refractivity contribution in [3.8, 4) is 0 Å². The number of anilines is 1. The summed E-state index contributed by atoms with van der Waals surface area (Å²) in [6.07, 6.45) is 4.30. The average molecular weight is 318 g/mol. The first-order valence-corrected chi connectivity index (χ1v) is 8.19. The number of carbonyl (C=O) groups excluding carboxylic acids is 2. The Bertz CT molecular complexity index is 532. The number of carbonyl (C=O) groups is 2. The molecule has 1 fully saturated rings. The third-order valence-electron chi connectivity index (χ3n) is 4.33. The molecule has 0 radical (unpaired) electrons. The minimum atomic E-state index is -0.470. The number of amides is 1. The van der Waals surface area contributed by atoms with Gasteiger partial charge in [-0.2, -0.15) is 0 Å². The van der Waals surface area contributed by atoms with E-state index in [0.717, 1.165) is 37.3 Å². The van der Waals surface area contributed by atoms with Crippen LogP contribution in [0.4, 0.5) is 5.69 Å². The highest BCUT2D eigenvalue weighted by atomic mass is 16.5. The number of benzene rings is 1. The predicted molar refractivity (Wildman–Crippen MR) is 90.6 cm³/mol. The third kappa shape index (κ3) is 5.27. The van der Waals surface area contributed by atoms with Crippen LogP contribution in [0.15, 0.2) is 24.3 Å². The molecule has 1 N–H and O–H groups in total. The van der Waals surface area contributed by atoms with Gasteiger partial charge in [0.25, 0.3) is 5.91 Å². The monoisotopic (exact) mass is 318 g/mol. The smallest absolute Gasteiger partial charge is 0.338 e. The maximum absolute atomic E-state index is 11.9. The Hall–Kier alpha value is -2.04. The normalized spacial score (nSPS) is 20.7. The van der Waals surface area contributed by atoms with Crippen molar-refractivity contribution in [2.24, 2.45) is 5.92 Å². The highest BCUT2D eigenvalue weighted by Crippen LogP contribution is 2.23. The number of ether oxygens (including phenoxy) is 1. The lowest BCUT2D eigenvalue weighted by molar-refractivity contribution is -0.125. The van der Waals surface area contributed by atoms with Gasteiger partial charge in [-0.25, -0.2) is 4.79 Å². The summed E-state index contributed by atoms with van der Waals surface area (Å²) >= 11 is 0. The van der Waals surface area contributed by atoms with Crippen LogP contribution >= 0.6 is 0 Å². The molecule has 0 aliphatic heterocycles. The Balaban J connectivity index is 1.76. The molecule has 1 saturated carbocycles. The molecule has 0 heterocycles. The Kier molecular flexibility index (Phi) is 6.02. The summed E-state index contributed by atoms with van der Waals surface area (Å²) in [7, 11) is 3.87. The Morgan fingerprint density at radius 1 is 1.13 bits per heavy atom.